The van der Waals surface area contributed by atoms with Gasteiger partial charge in [0.25, 0.3) is 0 Å². The highest BCUT2D eigenvalue weighted by molar-refractivity contribution is 5.61. The predicted octanol–water partition coefficient (Wildman–Crippen LogP) is 0.943. The van der Waals surface area contributed by atoms with Crippen molar-refractivity contribution in [1.82, 2.24) is 0 Å². The van der Waals surface area contributed by atoms with Gasteiger partial charge in [-0.15, -0.1) is 0 Å². The average molecular weight is 308 g/mol. The van der Waals surface area contributed by atoms with Crippen LogP contribution in [0.3, 0.4) is 0 Å². The Balaban J connectivity index is 2.04. The maximum absolute atomic E-state index is 10.4. The summed E-state index contributed by atoms with van der Waals surface area (Å²) in [6.07, 6.45) is 1.40. The smallest absolute Gasteiger partial charge is 0.231 e. The molecule has 122 valence electrons. The second-order valence-electron chi connectivity index (χ2n) is 6.66. The molecule has 2 N–H and O–H groups in total. The fourth-order valence-electron chi connectivity index (χ4n) is 3.45. The molecule has 3 rings (SSSR count). The van der Waals surface area contributed by atoms with Crippen LogP contribution in [0.1, 0.15) is 37.4 Å². The molecule has 2 aliphatic rings. The van der Waals surface area contributed by atoms with E-state index in [0.29, 0.717) is 5.75 Å². The van der Waals surface area contributed by atoms with Crippen molar-refractivity contribution in [2.45, 2.75) is 38.8 Å². The van der Waals surface area contributed by atoms with Crippen LogP contribution in [-0.2, 0) is 6.42 Å². The molecule has 5 heteroatoms. The monoisotopic (exact) mass is 308 g/mol. The van der Waals surface area contributed by atoms with Crippen molar-refractivity contribution in [3.8, 4) is 17.2 Å². The maximum Gasteiger partial charge on any atom is 0.231 e. The number of nitrogens with one attached hydrogen (secondary N) is 1. The Hall–Kier alpha value is -1.46. The normalized spacial score (nSPS) is 24.3. The van der Waals surface area contributed by atoms with Crippen molar-refractivity contribution >= 4 is 0 Å². The van der Waals surface area contributed by atoms with Crippen molar-refractivity contribution in [3.63, 3.8) is 0 Å². The number of aliphatic hydroxyl groups excluding tert-OH is 1. The Morgan fingerprint density at radius 2 is 2.18 bits per heavy atom. The van der Waals surface area contributed by atoms with Gasteiger partial charge >= 0.3 is 0 Å². The Bertz CT molecular complexity index is 558. The van der Waals surface area contributed by atoms with Gasteiger partial charge in [0, 0.05) is 12.8 Å². The molecule has 0 saturated carbocycles. The van der Waals surface area contributed by atoms with Crippen LogP contribution in [0.2, 0.25) is 0 Å². The lowest BCUT2D eigenvalue weighted by atomic mass is 9.86. The van der Waals surface area contributed by atoms with Gasteiger partial charge in [-0.25, -0.2) is 0 Å². The molecule has 0 aromatic heterocycles. The fraction of sp³-hybridized carbons (Fsp3) is 0.647. The van der Waals surface area contributed by atoms with E-state index < -0.39 is 0 Å². The molecule has 2 heterocycles. The van der Waals surface area contributed by atoms with Crippen molar-refractivity contribution in [2.75, 3.05) is 27.5 Å². The van der Waals surface area contributed by atoms with Crippen LogP contribution in [-0.4, -0.2) is 38.7 Å². The lowest BCUT2D eigenvalue weighted by Crippen LogP contribution is -3.10. The quantitative estimate of drug-likeness (QED) is 0.869. The number of benzene rings is 1. The number of methoxy groups -OCH3 is 1. The molecule has 2 aliphatic heterocycles. The lowest BCUT2D eigenvalue weighted by molar-refractivity contribution is -0.915. The third-order valence-electron chi connectivity index (χ3n) is 4.93. The third kappa shape index (κ3) is 2.52. The van der Waals surface area contributed by atoms with Gasteiger partial charge in [0.1, 0.15) is 6.04 Å². The van der Waals surface area contributed by atoms with Crippen LogP contribution < -0.4 is 19.1 Å². The summed E-state index contributed by atoms with van der Waals surface area (Å²) in [6.45, 7) is 5.41. The first-order chi connectivity index (χ1) is 10.5. The van der Waals surface area contributed by atoms with E-state index in [4.69, 9.17) is 14.2 Å². The highest BCUT2D eigenvalue weighted by Gasteiger charge is 2.37. The second kappa shape index (κ2) is 5.97. The number of hydrogen-bond acceptors (Lipinski definition) is 4. The zero-order chi connectivity index (χ0) is 15.9. The molecule has 5 nitrogen and oxygen atoms in total. The topological polar surface area (TPSA) is 52.4 Å². The molecule has 0 radical (unpaired) electrons. The molecular formula is C17H26NO4+. The zero-order valence-electron chi connectivity index (χ0n) is 13.8. The average Bonchev–Trinajstić information content (AvgIpc) is 2.95. The predicted molar refractivity (Wildman–Crippen MR) is 82.8 cm³/mol. The minimum atomic E-state index is -0.318. The maximum atomic E-state index is 10.4. The Morgan fingerprint density at radius 3 is 2.86 bits per heavy atom. The molecule has 1 aromatic rings. The molecule has 0 fully saturated rings. The van der Waals surface area contributed by atoms with E-state index in [1.54, 1.807) is 7.11 Å². The number of hydrogen-bond donors (Lipinski definition) is 2. The molecule has 3 atom stereocenters. The van der Waals surface area contributed by atoms with E-state index in [0.717, 1.165) is 30.9 Å². The summed E-state index contributed by atoms with van der Waals surface area (Å²) in [6, 6.07) is 2.30. The minimum Gasteiger partial charge on any atom is -0.492 e. The molecule has 1 unspecified atom stereocenters. The Morgan fingerprint density at radius 1 is 1.41 bits per heavy atom. The van der Waals surface area contributed by atoms with Gasteiger partial charge < -0.3 is 24.2 Å². The number of likely N-dealkylation sites (N-methyl/N-ethyl adjacent to an activating group) is 1. The number of quaternary nitrogens is 1. The van der Waals surface area contributed by atoms with Crippen LogP contribution >= 0.6 is 0 Å². The van der Waals surface area contributed by atoms with Gasteiger partial charge in [-0.05, 0) is 17.5 Å². The van der Waals surface area contributed by atoms with Crippen LogP contribution in [0.15, 0.2) is 6.07 Å². The first kappa shape index (κ1) is 15.4. The number of ether oxygens (including phenoxy) is 3. The molecule has 0 spiro atoms. The van der Waals surface area contributed by atoms with E-state index in [1.807, 2.05) is 0 Å². The summed E-state index contributed by atoms with van der Waals surface area (Å²) in [5, 5.41) is 10.4. The second-order valence-corrected chi connectivity index (χ2v) is 6.66. The highest BCUT2D eigenvalue weighted by Crippen LogP contribution is 2.48. The number of aliphatic hydroxyl groups is 1. The molecule has 0 aliphatic carbocycles. The van der Waals surface area contributed by atoms with Gasteiger partial charge in [0.05, 0.1) is 32.4 Å². The van der Waals surface area contributed by atoms with Crippen molar-refractivity contribution < 1.29 is 24.2 Å². The third-order valence-corrected chi connectivity index (χ3v) is 4.93. The summed E-state index contributed by atoms with van der Waals surface area (Å²) < 4.78 is 16.8. The van der Waals surface area contributed by atoms with Gasteiger partial charge in [0.15, 0.2) is 11.5 Å². The number of rotatable bonds is 4. The van der Waals surface area contributed by atoms with E-state index in [1.165, 1.54) is 16.0 Å². The number of fused-ring (bicyclic) bond motifs is 2. The molecular weight excluding hydrogens is 282 g/mol. The molecule has 0 bridgehead atoms. The molecule has 22 heavy (non-hydrogen) atoms. The first-order valence-corrected chi connectivity index (χ1v) is 8.02. The van der Waals surface area contributed by atoms with Gasteiger partial charge in [0.2, 0.25) is 12.5 Å². The van der Waals surface area contributed by atoms with Gasteiger partial charge in [-0.3, -0.25) is 0 Å². The van der Waals surface area contributed by atoms with E-state index in [-0.39, 0.29) is 24.9 Å². The highest BCUT2D eigenvalue weighted by atomic mass is 16.7. The van der Waals surface area contributed by atoms with E-state index in [9.17, 15) is 5.11 Å². The molecule has 0 amide bonds. The van der Waals surface area contributed by atoms with Gasteiger partial charge in [-0.1, -0.05) is 13.8 Å². The summed E-state index contributed by atoms with van der Waals surface area (Å²) in [7, 11) is 3.86. The van der Waals surface area contributed by atoms with E-state index >= 15 is 0 Å². The zero-order valence-corrected chi connectivity index (χ0v) is 13.8. The largest absolute Gasteiger partial charge is 0.492 e. The van der Waals surface area contributed by atoms with Crippen molar-refractivity contribution in [2.24, 2.45) is 5.92 Å². The summed E-state index contributed by atoms with van der Waals surface area (Å²) in [5.74, 6) is 2.52. The van der Waals surface area contributed by atoms with Gasteiger partial charge in [-0.2, -0.15) is 0 Å². The summed E-state index contributed by atoms with van der Waals surface area (Å²) in [4.78, 5) is 1.41. The van der Waals surface area contributed by atoms with E-state index in [2.05, 4.69) is 27.0 Å². The van der Waals surface area contributed by atoms with Crippen LogP contribution in [0.4, 0.5) is 0 Å². The first-order valence-electron chi connectivity index (χ1n) is 8.02. The van der Waals surface area contributed by atoms with Crippen LogP contribution in [0, 0.1) is 5.92 Å². The molecule has 1 aromatic carbocycles. The summed E-state index contributed by atoms with van der Waals surface area (Å²) >= 11 is 0. The lowest BCUT2D eigenvalue weighted by Gasteiger charge is -2.34. The minimum absolute atomic E-state index is 0.214. The van der Waals surface area contributed by atoms with Crippen LogP contribution in [0.25, 0.3) is 0 Å². The summed E-state index contributed by atoms with van der Waals surface area (Å²) in [5.41, 5.74) is 2.43. The molecule has 0 saturated heterocycles. The standard InChI is InChI=1S/C17H25NO4/c1-10(2)13(19)8-12-15-11(5-6-18(12)3)7-14-16(17(15)20-4)22-9-21-14/h7,10,12-13,19H,5-6,8-9H2,1-4H3/p+1/t12-,13-/m1/s1. The Labute approximate surface area is 131 Å². The van der Waals surface area contributed by atoms with Crippen LogP contribution in [0.5, 0.6) is 17.2 Å². The fourth-order valence-corrected chi connectivity index (χ4v) is 3.45. The van der Waals surface area contributed by atoms with Crippen molar-refractivity contribution in [3.05, 3.63) is 17.2 Å². The SMILES string of the molecule is COc1c2c(cc3c1[C@@H](C[C@@H](O)C(C)C)[NH+](C)CC3)OCO2. The Kier molecular flexibility index (Phi) is 4.19. The van der Waals surface area contributed by atoms with Crippen molar-refractivity contribution in [1.29, 1.82) is 0 Å².